The quantitative estimate of drug-likeness (QED) is 0.523. The molecule has 4 aliphatic rings. The molecular formula is C30H43F3N6O4. The number of hydrazine groups is 1. The van der Waals surface area contributed by atoms with Crippen molar-refractivity contribution in [2.24, 2.45) is 11.3 Å². The largest absolute Gasteiger partial charge is 0.444 e. The lowest BCUT2D eigenvalue weighted by Gasteiger charge is -2.51. The van der Waals surface area contributed by atoms with Crippen LogP contribution < -0.4 is 16.5 Å². The van der Waals surface area contributed by atoms with Gasteiger partial charge in [0.2, 0.25) is 0 Å². The van der Waals surface area contributed by atoms with Crippen LogP contribution in [0.5, 0.6) is 0 Å². The first-order valence-corrected chi connectivity index (χ1v) is 15.3. The van der Waals surface area contributed by atoms with Crippen molar-refractivity contribution in [1.82, 2.24) is 29.6 Å². The molecule has 238 valence electrons. The molecule has 3 saturated heterocycles. The van der Waals surface area contributed by atoms with E-state index in [1.165, 1.54) is 20.1 Å². The van der Waals surface area contributed by atoms with E-state index in [0.29, 0.717) is 37.7 Å². The molecule has 1 aliphatic carbocycles. The Hall–Kier alpha value is -2.61. The van der Waals surface area contributed by atoms with Crippen LogP contribution in [0, 0.1) is 11.3 Å². The maximum atomic E-state index is 14.4. The van der Waals surface area contributed by atoms with Gasteiger partial charge in [-0.15, -0.1) is 0 Å². The van der Waals surface area contributed by atoms with Crippen LogP contribution in [-0.2, 0) is 15.7 Å². The summed E-state index contributed by atoms with van der Waals surface area (Å²) in [6.45, 7) is 8.01. The lowest BCUT2D eigenvalue weighted by molar-refractivity contribution is -0.167. The van der Waals surface area contributed by atoms with E-state index >= 15 is 0 Å². The van der Waals surface area contributed by atoms with Gasteiger partial charge in [0.15, 0.2) is 0 Å². The second kappa shape index (κ2) is 11.1. The lowest BCUT2D eigenvalue weighted by atomic mass is 9.64. The number of likely N-dealkylation sites (tertiary alicyclic amines) is 1. The maximum Gasteiger partial charge on any atom is 0.418 e. The zero-order chi connectivity index (χ0) is 30.7. The molecule has 0 spiro atoms. The van der Waals surface area contributed by atoms with E-state index in [1.54, 1.807) is 27.0 Å². The minimum Gasteiger partial charge on any atom is -0.444 e. The SMILES string of the molecule is CN1CNNC1CC1(C2CCCC(n3cc4c(C(F)(F)F)cc(C5CCN(C(=O)OC(C)(C)C)C5)cn4c3=O)C2)COC1. The number of ether oxygens (including phenoxy) is 2. The fourth-order valence-electron chi connectivity index (χ4n) is 7.42. The average Bonchev–Trinajstić information content (AvgIpc) is 3.64. The summed E-state index contributed by atoms with van der Waals surface area (Å²) in [5.41, 5.74) is 4.82. The summed E-state index contributed by atoms with van der Waals surface area (Å²) < 4.78 is 57.1. The van der Waals surface area contributed by atoms with E-state index in [2.05, 4.69) is 22.8 Å². The number of nitrogens with zero attached hydrogens (tertiary/aromatic N) is 4. The summed E-state index contributed by atoms with van der Waals surface area (Å²) in [5, 5.41) is 0. The molecule has 5 heterocycles. The number of aromatic nitrogens is 2. The van der Waals surface area contributed by atoms with Crippen LogP contribution in [0.25, 0.3) is 5.52 Å². The van der Waals surface area contributed by atoms with Gasteiger partial charge in [0.25, 0.3) is 0 Å². The predicted molar refractivity (Wildman–Crippen MR) is 153 cm³/mol. The van der Waals surface area contributed by atoms with E-state index in [1.807, 2.05) is 0 Å². The molecular weight excluding hydrogens is 565 g/mol. The highest BCUT2D eigenvalue weighted by atomic mass is 19.4. The normalized spacial score (nSPS) is 28.4. The first-order chi connectivity index (χ1) is 20.2. The summed E-state index contributed by atoms with van der Waals surface area (Å²) >= 11 is 0. The molecule has 2 aromatic rings. The predicted octanol–water partition coefficient (Wildman–Crippen LogP) is 4.31. The van der Waals surface area contributed by atoms with Gasteiger partial charge in [0, 0.05) is 42.9 Å². The summed E-state index contributed by atoms with van der Waals surface area (Å²) in [6, 6.07) is 0.973. The number of alkyl halides is 3. The van der Waals surface area contributed by atoms with Crippen LogP contribution in [0.4, 0.5) is 18.0 Å². The molecule has 0 aromatic carbocycles. The van der Waals surface area contributed by atoms with Crippen molar-refractivity contribution in [3.05, 3.63) is 40.1 Å². The van der Waals surface area contributed by atoms with Crippen molar-refractivity contribution in [3.63, 3.8) is 0 Å². The van der Waals surface area contributed by atoms with E-state index in [-0.39, 0.29) is 35.6 Å². The Morgan fingerprint density at radius 1 is 1.16 bits per heavy atom. The minimum absolute atomic E-state index is 0.0217. The van der Waals surface area contributed by atoms with Crippen molar-refractivity contribution in [3.8, 4) is 0 Å². The van der Waals surface area contributed by atoms with Crippen molar-refractivity contribution in [2.75, 3.05) is 40.0 Å². The number of rotatable bonds is 5. The maximum absolute atomic E-state index is 14.4. The molecule has 6 rings (SSSR count). The molecule has 3 aliphatic heterocycles. The smallest absolute Gasteiger partial charge is 0.418 e. The van der Waals surface area contributed by atoms with Crippen LogP contribution >= 0.6 is 0 Å². The molecule has 13 heteroatoms. The number of imidazole rings is 1. The Morgan fingerprint density at radius 3 is 2.56 bits per heavy atom. The van der Waals surface area contributed by atoms with Gasteiger partial charge >= 0.3 is 18.0 Å². The molecule has 0 bridgehead atoms. The molecule has 4 fully saturated rings. The zero-order valence-electron chi connectivity index (χ0n) is 25.4. The highest BCUT2D eigenvalue weighted by Crippen LogP contribution is 2.49. The highest BCUT2D eigenvalue weighted by molar-refractivity contribution is 5.68. The number of fused-ring (bicyclic) bond motifs is 1. The molecule has 2 N–H and O–H groups in total. The molecule has 43 heavy (non-hydrogen) atoms. The van der Waals surface area contributed by atoms with Crippen LogP contribution in [0.3, 0.4) is 0 Å². The third kappa shape index (κ3) is 5.93. The molecule has 4 unspecified atom stereocenters. The fourth-order valence-corrected chi connectivity index (χ4v) is 7.42. The van der Waals surface area contributed by atoms with E-state index in [9.17, 15) is 22.8 Å². The monoisotopic (exact) mass is 608 g/mol. The van der Waals surface area contributed by atoms with Gasteiger partial charge in [-0.2, -0.15) is 13.2 Å². The topological polar surface area (TPSA) is 92.5 Å². The Morgan fingerprint density at radius 2 is 1.93 bits per heavy atom. The molecule has 1 saturated carbocycles. The average molecular weight is 609 g/mol. The van der Waals surface area contributed by atoms with Gasteiger partial charge < -0.3 is 14.4 Å². The third-order valence-corrected chi connectivity index (χ3v) is 9.84. The standard InChI is InChI=1S/C30H43F3N6O4/c1-28(2,3)43-27(41)37-9-8-19(13-37)20-10-23(30(31,32)33)24-15-38(26(40)39(24)14-20)22-7-5-6-21(11-22)29(16-42-17-29)12-25-35-34-18-36(25)4/h10,14-15,19,21-22,25,34-35H,5-9,11-13,16-18H2,1-4H3. The van der Waals surface area contributed by atoms with Crippen LogP contribution in [-0.4, -0.2) is 76.6 Å². The van der Waals surface area contributed by atoms with Gasteiger partial charge in [-0.05, 0) is 77.5 Å². The molecule has 10 nitrogen and oxygen atoms in total. The molecule has 2 aromatic heterocycles. The van der Waals surface area contributed by atoms with Crippen LogP contribution in [0.1, 0.15) is 82.4 Å². The third-order valence-electron chi connectivity index (χ3n) is 9.84. The first kappa shape index (κ1) is 30.4. The van der Waals surface area contributed by atoms with E-state index in [4.69, 9.17) is 9.47 Å². The van der Waals surface area contributed by atoms with Gasteiger partial charge in [-0.25, -0.2) is 20.4 Å². The number of amides is 1. The van der Waals surface area contributed by atoms with Gasteiger partial charge in [0.05, 0.1) is 37.1 Å². The Balaban J connectivity index is 1.27. The number of carbonyl (C=O) groups is 1. The summed E-state index contributed by atoms with van der Waals surface area (Å²) in [7, 11) is 2.06. The number of hydrogen-bond acceptors (Lipinski definition) is 7. The number of pyridine rings is 1. The minimum atomic E-state index is -4.64. The Bertz CT molecular complexity index is 1410. The summed E-state index contributed by atoms with van der Waals surface area (Å²) in [4.78, 5) is 30.1. The Labute approximate surface area is 249 Å². The van der Waals surface area contributed by atoms with Crippen LogP contribution in [0.15, 0.2) is 23.3 Å². The zero-order valence-corrected chi connectivity index (χ0v) is 25.4. The number of carbonyl (C=O) groups excluding carboxylic acids is 1. The molecule has 0 radical (unpaired) electrons. The molecule has 4 atom stereocenters. The van der Waals surface area contributed by atoms with Crippen molar-refractivity contribution >= 4 is 11.6 Å². The second-order valence-electron chi connectivity index (χ2n) is 14.0. The van der Waals surface area contributed by atoms with Gasteiger partial charge in [-0.1, -0.05) is 6.42 Å². The fraction of sp³-hybridized carbons (Fsp3) is 0.733. The lowest BCUT2D eigenvalue weighted by Crippen LogP contribution is -2.54. The molecule has 1 amide bonds. The van der Waals surface area contributed by atoms with Crippen LogP contribution in [0.2, 0.25) is 0 Å². The highest BCUT2D eigenvalue weighted by Gasteiger charge is 2.49. The van der Waals surface area contributed by atoms with Gasteiger partial charge in [-0.3, -0.25) is 13.9 Å². The Kier molecular flexibility index (Phi) is 7.84. The summed E-state index contributed by atoms with van der Waals surface area (Å²) in [6.07, 6.45) is 2.80. The van der Waals surface area contributed by atoms with Crippen molar-refractivity contribution in [1.29, 1.82) is 0 Å². The number of hydrogen-bond donors (Lipinski definition) is 2. The first-order valence-electron chi connectivity index (χ1n) is 15.3. The van der Waals surface area contributed by atoms with Crippen molar-refractivity contribution in [2.45, 2.75) is 89.2 Å². The van der Waals surface area contributed by atoms with Gasteiger partial charge in [0.1, 0.15) is 5.60 Å². The summed E-state index contributed by atoms with van der Waals surface area (Å²) in [5.74, 6) is -0.0247. The van der Waals surface area contributed by atoms with E-state index in [0.717, 1.165) is 44.8 Å². The van der Waals surface area contributed by atoms with E-state index < -0.39 is 29.1 Å². The number of halogens is 3. The second-order valence-corrected chi connectivity index (χ2v) is 14.0. The number of nitrogens with one attached hydrogen (secondary N) is 2. The van der Waals surface area contributed by atoms with Crippen molar-refractivity contribution < 1.29 is 27.4 Å².